The van der Waals surface area contributed by atoms with E-state index in [1.165, 1.54) is 0 Å². The molecular weight excluding hydrogens is 504 g/mol. The van der Waals surface area contributed by atoms with Crippen molar-refractivity contribution < 1.29 is 19.1 Å². The van der Waals surface area contributed by atoms with E-state index in [2.05, 4.69) is 13.8 Å². The van der Waals surface area contributed by atoms with Gasteiger partial charge in [0.05, 0.1) is 30.6 Å². The molecule has 0 N–H and O–H groups in total. The predicted molar refractivity (Wildman–Crippen MR) is 151 cm³/mol. The Morgan fingerprint density at radius 3 is 2.52 bits per heavy atom. The summed E-state index contributed by atoms with van der Waals surface area (Å²) >= 11 is 0. The normalized spacial score (nSPS) is 18.6. The Morgan fingerprint density at radius 2 is 1.88 bits per heavy atom. The number of nitrogens with zero attached hydrogens (tertiary/aromatic N) is 4. The molecule has 0 spiro atoms. The zero-order valence-corrected chi connectivity index (χ0v) is 23.0. The van der Waals surface area contributed by atoms with Crippen LogP contribution in [0.1, 0.15) is 39.2 Å². The molecule has 2 aliphatic rings. The number of rotatable bonds is 8. The average molecular weight is 537 g/mol. The monoisotopic (exact) mass is 536 g/mol. The van der Waals surface area contributed by atoms with Crippen molar-refractivity contribution in [2.75, 3.05) is 19.8 Å². The van der Waals surface area contributed by atoms with Crippen molar-refractivity contribution in [2.24, 2.45) is 5.92 Å². The van der Waals surface area contributed by atoms with E-state index in [1.807, 2.05) is 66.9 Å². The molecule has 204 valence electrons. The van der Waals surface area contributed by atoms with E-state index >= 15 is 0 Å². The number of aromatic nitrogens is 2. The van der Waals surface area contributed by atoms with E-state index in [-0.39, 0.29) is 18.2 Å². The lowest BCUT2D eigenvalue weighted by Gasteiger charge is -2.29. The molecule has 8 heteroatoms. The lowest BCUT2D eigenvalue weighted by molar-refractivity contribution is -0.142. The molecule has 8 nitrogen and oxygen atoms in total. The van der Waals surface area contributed by atoms with Crippen LogP contribution in [0.3, 0.4) is 0 Å². The Morgan fingerprint density at radius 1 is 1.12 bits per heavy atom. The number of amides is 2. The maximum absolute atomic E-state index is 13.7. The van der Waals surface area contributed by atoms with Crippen LogP contribution in [0.5, 0.6) is 5.75 Å². The molecule has 2 aliphatic heterocycles. The summed E-state index contributed by atoms with van der Waals surface area (Å²) in [5.74, 6) is 0.166. The first-order valence-electron chi connectivity index (χ1n) is 13.5. The zero-order chi connectivity index (χ0) is 28.2. The fraction of sp³-hybridized carbons (Fsp3) is 0.312. The summed E-state index contributed by atoms with van der Waals surface area (Å²) in [5, 5.41) is 14.7. The number of ether oxygens (including phenoxy) is 2. The smallest absolute Gasteiger partial charge is 0.271 e. The SMILES string of the molecule is CC1=C(C#N)C(=O)N(CC2CCCO2)C(=O)/C1=C/c1cn(-c2ccccc2)nc1-c1ccc(OCC(C)C)cc1. The van der Waals surface area contributed by atoms with Gasteiger partial charge in [0.2, 0.25) is 0 Å². The zero-order valence-electron chi connectivity index (χ0n) is 23.0. The maximum atomic E-state index is 13.7. The summed E-state index contributed by atoms with van der Waals surface area (Å²) in [6.45, 7) is 7.19. The Kier molecular flexibility index (Phi) is 7.94. The van der Waals surface area contributed by atoms with Crippen molar-refractivity contribution in [3.05, 3.63) is 83.1 Å². The number of carbonyl (C=O) groups is 2. The molecule has 1 atom stereocenters. The van der Waals surface area contributed by atoms with Crippen LogP contribution < -0.4 is 4.74 Å². The van der Waals surface area contributed by atoms with Crippen molar-refractivity contribution >= 4 is 17.9 Å². The third kappa shape index (κ3) is 5.61. The highest BCUT2D eigenvalue weighted by Gasteiger charge is 2.37. The van der Waals surface area contributed by atoms with Crippen LogP contribution in [0, 0.1) is 17.2 Å². The standard InChI is InChI=1S/C32H32N4O4/c1-21(2)20-40-26-13-11-23(12-14-26)30-24(18-36(34-30)25-8-5-4-6-9-25)16-28-22(3)29(17-33)32(38)35(31(28)37)19-27-10-7-15-39-27/h4-6,8-9,11-14,16,18,21,27H,7,10,15,19-20H2,1-3H3/b28-16+. The highest BCUT2D eigenvalue weighted by Crippen LogP contribution is 2.32. The van der Waals surface area contributed by atoms with Crippen molar-refractivity contribution in [1.82, 2.24) is 14.7 Å². The summed E-state index contributed by atoms with van der Waals surface area (Å²) in [6.07, 6.45) is 5.02. The third-order valence-electron chi connectivity index (χ3n) is 7.01. The molecular formula is C32H32N4O4. The van der Waals surface area contributed by atoms with Crippen LogP contribution in [0.25, 0.3) is 23.0 Å². The summed E-state index contributed by atoms with van der Waals surface area (Å²) in [6, 6.07) is 19.4. The van der Waals surface area contributed by atoms with E-state index in [1.54, 1.807) is 17.7 Å². The van der Waals surface area contributed by atoms with Crippen LogP contribution in [0.2, 0.25) is 0 Å². The second kappa shape index (κ2) is 11.7. The van der Waals surface area contributed by atoms with Gasteiger partial charge in [0.1, 0.15) is 17.4 Å². The molecule has 5 rings (SSSR count). The van der Waals surface area contributed by atoms with Crippen LogP contribution >= 0.6 is 0 Å². The highest BCUT2D eigenvalue weighted by molar-refractivity contribution is 6.19. The minimum atomic E-state index is -0.574. The Balaban J connectivity index is 1.58. The molecule has 0 bridgehead atoms. The molecule has 1 unspecified atom stereocenters. The first-order valence-corrected chi connectivity index (χ1v) is 13.5. The van der Waals surface area contributed by atoms with Crippen molar-refractivity contribution in [2.45, 2.75) is 39.7 Å². The van der Waals surface area contributed by atoms with E-state index in [9.17, 15) is 14.9 Å². The summed E-state index contributed by atoms with van der Waals surface area (Å²) in [7, 11) is 0. The van der Waals surface area contributed by atoms with Gasteiger partial charge >= 0.3 is 0 Å². The van der Waals surface area contributed by atoms with Crippen LogP contribution in [-0.2, 0) is 14.3 Å². The first-order chi connectivity index (χ1) is 19.4. The van der Waals surface area contributed by atoms with Gasteiger partial charge in [0.25, 0.3) is 11.8 Å². The van der Waals surface area contributed by atoms with Gasteiger partial charge in [0, 0.05) is 29.5 Å². The summed E-state index contributed by atoms with van der Waals surface area (Å²) in [4.78, 5) is 27.9. The molecule has 0 saturated carbocycles. The summed E-state index contributed by atoms with van der Waals surface area (Å²) < 4.78 is 13.3. The van der Waals surface area contributed by atoms with Gasteiger partial charge in [-0.3, -0.25) is 14.5 Å². The lowest BCUT2D eigenvalue weighted by Crippen LogP contribution is -2.46. The van der Waals surface area contributed by atoms with Crippen molar-refractivity contribution in [3.8, 4) is 28.8 Å². The number of hydrogen-bond acceptors (Lipinski definition) is 6. The lowest BCUT2D eigenvalue weighted by atomic mass is 9.93. The Bertz CT molecular complexity index is 1500. The fourth-order valence-corrected chi connectivity index (χ4v) is 4.85. The predicted octanol–water partition coefficient (Wildman–Crippen LogP) is 5.35. The molecule has 2 amide bonds. The Hall–Kier alpha value is -4.48. The van der Waals surface area contributed by atoms with Crippen molar-refractivity contribution in [3.63, 3.8) is 0 Å². The highest BCUT2D eigenvalue weighted by atomic mass is 16.5. The number of carbonyl (C=O) groups excluding carboxylic acids is 2. The van der Waals surface area contributed by atoms with Gasteiger partial charge in [-0.25, -0.2) is 4.68 Å². The molecule has 0 aliphatic carbocycles. The van der Waals surface area contributed by atoms with Gasteiger partial charge < -0.3 is 9.47 Å². The number of imide groups is 1. The van der Waals surface area contributed by atoms with Crippen LogP contribution in [0.4, 0.5) is 0 Å². The molecule has 0 radical (unpaired) electrons. The molecule has 1 fully saturated rings. The fourth-order valence-electron chi connectivity index (χ4n) is 4.85. The number of benzene rings is 2. The van der Waals surface area contributed by atoms with E-state index in [4.69, 9.17) is 14.6 Å². The van der Waals surface area contributed by atoms with E-state index < -0.39 is 11.8 Å². The van der Waals surface area contributed by atoms with Crippen molar-refractivity contribution in [1.29, 1.82) is 5.26 Å². The molecule has 3 heterocycles. The molecule has 2 aromatic carbocycles. The van der Waals surface area contributed by atoms with Gasteiger partial charge in [0.15, 0.2) is 0 Å². The quantitative estimate of drug-likeness (QED) is 0.285. The maximum Gasteiger partial charge on any atom is 0.271 e. The summed E-state index contributed by atoms with van der Waals surface area (Å²) in [5.41, 5.74) is 3.67. The van der Waals surface area contributed by atoms with Gasteiger partial charge in [-0.15, -0.1) is 0 Å². The average Bonchev–Trinajstić information content (AvgIpc) is 3.64. The number of nitriles is 1. The topological polar surface area (TPSA) is 97.5 Å². The largest absolute Gasteiger partial charge is 0.493 e. The third-order valence-corrected chi connectivity index (χ3v) is 7.01. The van der Waals surface area contributed by atoms with Gasteiger partial charge in [-0.05, 0) is 73.7 Å². The van der Waals surface area contributed by atoms with Crippen LogP contribution in [0.15, 0.2) is 77.5 Å². The second-order valence-electron chi connectivity index (χ2n) is 10.5. The molecule has 1 saturated heterocycles. The minimum Gasteiger partial charge on any atom is -0.493 e. The first kappa shape index (κ1) is 27.1. The van der Waals surface area contributed by atoms with Crippen LogP contribution in [-0.4, -0.2) is 52.4 Å². The molecule has 40 heavy (non-hydrogen) atoms. The number of para-hydroxylation sites is 1. The molecule has 3 aromatic rings. The second-order valence-corrected chi connectivity index (χ2v) is 10.5. The van der Waals surface area contributed by atoms with E-state index in [0.29, 0.717) is 41.5 Å². The number of hydrogen-bond donors (Lipinski definition) is 0. The van der Waals surface area contributed by atoms with Gasteiger partial charge in [-0.1, -0.05) is 32.0 Å². The van der Waals surface area contributed by atoms with Gasteiger partial charge in [-0.2, -0.15) is 10.4 Å². The van der Waals surface area contributed by atoms with E-state index in [0.717, 1.165) is 34.7 Å². The Labute approximate surface area is 234 Å². The minimum absolute atomic E-state index is 0.0347. The molecule has 1 aromatic heterocycles.